The monoisotopic (exact) mass is 372 g/mol. The van der Waals surface area contributed by atoms with Crippen LogP contribution in [0.25, 0.3) is 0 Å². The number of hydrogen-bond acceptors (Lipinski definition) is 3. The molecule has 2 saturated heterocycles. The van der Waals surface area contributed by atoms with Crippen LogP contribution in [-0.4, -0.2) is 36.2 Å². The Bertz CT molecular complexity index is 540. The summed E-state index contributed by atoms with van der Waals surface area (Å²) in [5.74, 6) is 0.441. The fourth-order valence-corrected chi connectivity index (χ4v) is 3.87. The smallest absolute Gasteiger partial charge is 0.409 e. The van der Waals surface area contributed by atoms with Crippen molar-refractivity contribution in [3.05, 3.63) is 27.7 Å². The summed E-state index contributed by atoms with van der Waals surface area (Å²) in [6.07, 6.45) is 4.05. The summed E-state index contributed by atoms with van der Waals surface area (Å²) in [5, 5.41) is 3.52. The van der Waals surface area contributed by atoms with Crippen molar-refractivity contribution >= 4 is 33.6 Å². The first kappa shape index (κ1) is 15.1. The number of halogens is 2. The van der Waals surface area contributed by atoms with E-state index >= 15 is 0 Å². The Morgan fingerprint density at radius 1 is 1.38 bits per heavy atom. The molecule has 1 amide bonds. The minimum atomic E-state index is -0.410. The summed E-state index contributed by atoms with van der Waals surface area (Å²) >= 11 is 9.27. The average Bonchev–Trinajstić information content (AvgIpc) is 2.65. The average molecular weight is 374 g/mol. The van der Waals surface area contributed by atoms with E-state index < -0.39 is 6.09 Å². The lowest BCUT2D eigenvalue weighted by atomic mass is 9.98. The molecule has 2 heterocycles. The maximum atomic E-state index is 12.0. The van der Waals surface area contributed by atoms with Gasteiger partial charge in [-0.05, 0) is 60.8 Å². The van der Waals surface area contributed by atoms with Gasteiger partial charge in [0.1, 0.15) is 5.75 Å². The third-order valence-corrected chi connectivity index (χ3v) is 5.41. The van der Waals surface area contributed by atoms with Crippen molar-refractivity contribution < 1.29 is 9.53 Å². The number of carbonyl (C=O) groups is 1. The topological polar surface area (TPSA) is 41.6 Å². The van der Waals surface area contributed by atoms with Gasteiger partial charge in [0, 0.05) is 29.2 Å². The summed E-state index contributed by atoms with van der Waals surface area (Å²) in [7, 11) is 2.18. The zero-order chi connectivity index (χ0) is 15.0. The van der Waals surface area contributed by atoms with E-state index in [1.807, 2.05) is 0 Å². The molecule has 0 spiro atoms. The van der Waals surface area contributed by atoms with Gasteiger partial charge in [0.25, 0.3) is 0 Å². The van der Waals surface area contributed by atoms with Crippen LogP contribution in [0.1, 0.15) is 25.7 Å². The molecule has 1 aromatic carbocycles. The fourth-order valence-electron chi connectivity index (χ4n) is 3.38. The molecule has 2 aliphatic rings. The molecule has 0 aliphatic carbocycles. The molecule has 2 atom stereocenters. The van der Waals surface area contributed by atoms with Crippen LogP contribution in [-0.2, 0) is 0 Å². The first-order chi connectivity index (χ1) is 10.0. The number of ether oxygens (including phenoxy) is 1. The predicted octanol–water partition coefficient (Wildman–Crippen LogP) is 3.82. The normalized spacial score (nSPS) is 28.4. The number of carbonyl (C=O) groups excluding carboxylic acids is 1. The third-order valence-electron chi connectivity index (χ3n) is 4.52. The molecule has 2 unspecified atom stereocenters. The van der Waals surface area contributed by atoms with Crippen LogP contribution in [0, 0.1) is 0 Å². The van der Waals surface area contributed by atoms with Crippen LogP contribution >= 0.6 is 27.5 Å². The number of fused-ring (bicyclic) bond motifs is 2. The fraction of sp³-hybridized carbons (Fsp3) is 0.533. The van der Waals surface area contributed by atoms with E-state index in [2.05, 4.69) is 33.2 Å². The summed E-state index contributed by atoms with van der Waals surface area (Å²) in [5.41, 5.74) is 0. The maximum absolute atomic E-state index is 12.0. The number of benzene rings is 1. The number of nitrogens with one attached hydrogen (secondary N) is 1. The van der Waals surface area contributed by atoms with Gasteiger partial charge >= 0.3 is 6.09 Å². The lowest BCUT2D eigenvalue weighted by Gasteiger charge is -2.36. The van der Waals surface area contributed by atoms with E-state index in [9.17, 15) is 4.79 Å². The first-order valence-electron chi connectivity index (χ1n) is 7.18. The van der Waals surface area contributed by atoms with Gasteiger partial charge in [-0.15, -0.1) is 0 Å². The summed E-state index contributed by atoms with van der Waals surface area (Å²) in [6, 6.07) is 6.51. The molecule has 1 aromatic rings. The molecule has 1 N–H and O–H groups in total. The molecule has 0 aromatic heterocycles. The molecule has 2 aliphatic heterocycles. The summed E-state index contributed by atoms with van der Waals surface area (Å²) in [6.45, 7) is 0. The standard InChI is InChI=1S/C15H18BrClN2O2/c1-19-11-3-4-12(19)8-10(7-11)18-15(20)21-14-6-9(17)2-5-13(14)16/h2,5-6,10-12H,3-4,7-8H2,1H3,(H,18,20). The van der Waals surface area contributed by atoms with Gasteiger partial charge in [-0.3, -0.25) is 0 Å². The van der Waals surface area contributed by atoms with E-state index in [1.165, 1.54) is 12.8 Å². The van der Waals surface area contributed by atoms with E-state index in [1.54, 1.807) is 18.2 Å². The molecule has 4 nitrogen and oxygen atoms in total. The van der Waals surface area contributed by atoms with Crippen LogP contribution < -0.4 is 10.1 Å². The highest BCUT2D eigenvalue weighted by Gasteiger charge is 2.39. The Balaban J connectivity index is 1.59. The van der Waals surface area contributed by atoms with E-state index in [0.29, 0.717) is 27.3 Å². The van der Waals surface area contributed by atoms with Gasteiger partial charge in [0.05, 0.1) is 4.47 Å². The van der Waals surface area contributed by atoms with E-state index in [0.717, 1.165) is 12.8 Å². The molecule has 0 saturated carbocycles. The Morgan fingerprint density at radius 2 is 2.05 bits per heavy atom. The SMILES string of the molecule is CN1C2CCC1CC(NC(=O)Oc1cc(Cl)ccc1Br)C2. The number of hydrogen-bond donors (Lipinski definition) is 1. The van der Waals surface area contributed by atoms with Gasteiger partial charge in [-0.25, -0.2) is 4.79 Å². The lowest BCUT2D eigenvalue weighted by molar-refractivity contribution is 0.141. The molecule has 6 heteroatoms. The minimum Gasteiger partial charge on any atom is -0.409 e. The zero-order valence-electron chi connectivity index (χ0n) is 11.8. The van der Waals surface area contributed by atoms with Crippen molar-refractivity contribution in [2.45, 2.75) is 43.8 Å². The lowest BCUT2D eigenvalue weighted by Crippen LogP contribution is -2.49. The van der Waals surface area contributed by atoms with Crippen molar-refractivity contribution in [2.24, 2.45) is 0 Å². The number of rotatable bonds is 2. The van der Waals surface area contributed by atoms with Crippen molar-refractivity contribution in [2.75, 3.05) is 7.05 Å². The Morgan fingerprint density at radius 3 is 2.71 bits per heavy atom. The van der Waals surface area contributed by atoms with Crippen molar-refractivity contribution in [1.29, 1.82) is 0 Å². The molecular formula is C15H18BrClN2O2. The highest BCUT2D eigenvalue weighted by molar-refractivity contribution is 9.10. The third kappa shape index (κ3) is 3.35. The van der Waals surface area contributed by atoms with Crippen molar-refractivity contribution in [1.82, 2.24) is 10.2 Å². The summed E-state index contributed by atoms with van der Waals surface area (Å²) < 4.78 is 6.06. The summed E-state index contributed by atoms with van der Waals surface area (Å²) in [4.78, 5) is 14.5. The maximum Gasteiger partial charge on any atom is 0.412 e. The quantitative estimate of drug-likeness (QED) is 0.857. The van der Waals surface area contributed by atoms with Crippen LogP contribution in [0.2, 0.25) is 5.02 Å². The number of amides is 1. The van der Waals surface area contributed by atoms with Gasteiger partial charge in [0.2, 0.25) is 0 Å². The molecule has 0 radical (unpaired) electrons. The van der Waals surface area contributed by atoms with Crippen molar-refractivity contribution in [3.8, 4) is 5.75 Å². The molecule has 21 heavy (non-hydrogen) atoms. The van der Waals surface area contributed by atoms with E-state index in [-0.39, 0.29) is 6.04 Å². The Hall–Kier alpha value is -0.780. The molecule has 2 fully saturated rings. The molecule has 3 rings (SSSR count). The zero-order valence-corrected chi connectivity index (χ0v) is 14.2. The number of nitrogens with zero attached hydrogens (tertiary/aromatic N) is 1. The molecule has 2 bridgehead atoms. The second-order valence-electron chi connectivity index (χ2n) is 5.83. The van der Waals surface area contributed by atoms with Crippen LogP contribution in [0.4, 0.5) is 4.79 Å². The van der Waals surface area contributed by atoms with Gasteiger partial charge in [0.15, 0.2) is 0 Å². The second-order valence-corrected chi connectivity index (χ2v) is 7.12. The Kier molecular flexibility index (Phi) is 4.43. The van der Waals surface area contributed by atoms with Gasteiger partial charge in [-0.1, -0.05) is 11.6 Å². The number of piperidine rings is 1. The van der Waals surface area contributed by atoms with E-state index in [4.69, 9.17) is 16.3 Å². The first-order valence-corrected chi connectivity index (χ1v) is 8.35. The largest absolute Gasteiger partial charge is 0.412 e. The molecule has 114 valence electrons. The molecular weight excluding hydrogens is 356 g/mol. The highest BCUT2D eigenvalue weighted by Crippen LogP contribution is 2.34. The second kappa shape index (κ2) is 6.15. The Labute approximate surface area is 137 Å². The van der Waals surface area contributed by atoms with Crippen LogP contribution in [0.15, 0.2) is 22.7 Å². The minimum absolute atomic E-state index is 0.198. The highest BCUT2D eigenvalue weighted by atomic mass is 79.9. The van der Waals surface area contributed by atoms with Crippen molar-refractivity contribution in [3.63, 3.8) is 0 Å². The van der Waals surface area contributed by atoms with Gasteiger partial charge < -0.3 is 15.0 Å². The van der Waals surface area contributed by atoms with Gasteiger partial charge in [-0.2, -0.15) is 0 Å². The van der Waals surface area contributed by atoms with Crippen LogP contribution in [0.5, 0.6) is 5.75 Å². The van der Waals surface area contributed by atoms with Crippen LogP contribution in [0.3, 0.4) is 0 Å². The predicted molar refractivity (Wildman–Crippen MR) is 85.9 cm³/mol.